The number of amides is 1. The van der Waals surface area contributed by atoms with Gasteiger partial charge in [0.05, 0.1) is 16.5 Å². The Morgan fingerprint density at radius 2 is 1.42 bits per heavy atom. The molecule has 1 N–H and O–H groups in total. The summed E-state index contributed by atoms with van der Waals surface area (Å²) in [7, 11) is -3.54. The molecule has 1 fully saturated rings. The predicted molar refractivity (Wildman–Crippen MR) is 128 cm³/mol. The van der Waals surface area contributed by atoms with Crippen LogP contribution >= 0.6 is 0 Å². The van der Waals surface area contributed by atoms with Crippen molar-refractivity contribution in [2.45, 2.75) is 30.6 Å². The van der Waals surface area contributed by atoms with E-state index in [0.29, 0.717) is 41.0 Å². The van der Waals surface area contributed by atoms with Crippen LogP contribution < -0.4 is 5.32 Å². The first-order chi connectivity index (χ1) is 16.0. The highest BCUT2D eigenvalue weighted by molar-refractivity contribution is 7.89. The van der Waals surface area contributed by atoms with Crippen molar-refractivity contribution in [3.05, 3.63) is 83.9 Å². The number of hydrogen-bond acceptors (Lipinski definition) is 4. The standard InChI is InChI=1S/C26H25N3O3S/c27-19-20-9-3-4-10-23(20)24-11-5-6-12-25(24)26(30)28-21-13-15-22(16-14-21)33(31,32)29-17-7-1-2-8-18-29/h3-6,9-16H,1-2,7-8,17-18H2,(H,28,30). The van der Waals surface area contributed by atoms with E-state index in [9.17, 15) is 18.5 Å². The average Bonchev–Trinajstić information content (AvgIpc) is 3.15. The lowest BCUT2D eigenvalue weighted by Crippen LogP contribution is -2.31. The molecular weight excluding hydrogens is 434 g/mol. The highest BCUT2D eigenvalue weighted by Gasteiger charge is 2.25. The van der Waals surface area contributed by atoms with Crippen LogP contribution in [0.1, 0.15) is 41.6 Å². The number of nitriles is 1. The molecule has 1 amide bonds. The minimum atomic E-state index is -3.54. The van der Waals surface area contributed by atoms with Crippen molar-refractivity contribution in [2.24, 2.45) is 0 Å². The molecule has 6 nitrogen and oxygen atoms in total. The van der Waals surface area contributed by atoms with E-state index in [2.05, 4.69) is 11.4 Å². The van der Waals surface area contributed by atoms with Gasteiger partial charge in [-0.25, -0.2) is 8.42 Å². The Morgan fingerprint density at radius 3 is 2.09 bits per heavy atom. The van der Waals surface area contributed by atoms with E-state index >= 15 is 0 Å². The highest BCUT2D eigenvalue weighted by Crippen LogP contribution is 2.28. The van der Waals surface area contributed by atoms with Gasteiger partial charge in [-0.1, -0.05) is 49.2 Å². The molecule has 0 bridgehead atoms. The Hall–Kier alpha value is -3.47. The van der Waals surface area contributed by atoms with E-state index in [1.54, 1.807) is 40.7 Å². The summed E-state index contributed by atoms with van der Waals surface area (Å²) in [5.74, 6) is -0.332. The largest absolute Gasteiger partial charge is 0.322 e. The second-order valence-electron chi connectivity index (χ2n) is 8.00. The fraction of sp³-hybridized carbons (Fsp3) is 0.231. The van der Waals surface area contributed by atoms with Gasteiger partial charge in [0.2, 0.25) is 10.0 Å². The Kier molecular flexibility index (Phi) is 6.87. The smallest absolute Gasteiger partial charge is 0.256 e. The zero-order valence-electron chi connectivity index (χ0n) is 18.2. The molecule has 1 aliphatic heterocycles. The summed E-state index contributed by atoms with van der Waals surface area (Å²) < 4.78 is 27.5. The van der Waals surface area contributed by atoms with Crippen LogP contribution in [0.25, 0.3) is 11.1 Å². The molecule has 1 heterocycles. The van der Waals surface area contributed by atoms with E-state index in [0.717, 1.165) is 25.7 Å². The molecule has 0 spiro atoms. The number of benzene rings is 3. The van der Waals surface area contributed by atoms with Crippen molar-refractivity contribution in [2.75, 3.05) is 18.4 Å². The topological polar surface area (TPSA) is 90.3 Å². The van der Waals surface area contributed by atoms with E-state index < -0.39 is 10.0 Å². The van der Waals surface area contributed by atoms with Crippen molar-refractivity contribution >= 4 is 21.6 Å². The number of sulfonamides is 1. The normalized spacial score (nSPS) is 14.8. The van der Waals surface area contributed by atoms with Crippen LogP contribution in [-0.2, 0) is 10.0 Å². The number of nitrogens with zero attached hydrogens (tertiary/aromatic N) is 2. The minimum Gasteiger partial charge on any atom is -0.322 e. The Bertz CT molecular complexity index is 1290. The van der Waals surface area contributed by atoms with Crippen molar-refractivity contribution in [1.29, 1.82) is 5.26 Å². The Balaban J connectivity index is 1.55. The van der Waals surface area contributed by atoms with Gasteiger partial charge in [-0.3, -0.25) is 4.79 Å². The molecule has 1 saturated heterocycles. The van der Waals surface area contributed by atoms with Crippen molar-refractivity contribution < 1.29 is 13.2 Å². The molecule has 0 radical (unpaired) electrons. The zero-order valence-corrected chi connectivity index (χ0v) is 19.0. The maximum absolute atomic E-state index is 13.1. The fourth-order valence-electron chi connectivity index (χ4n) is 4.07. The summed E-state index contributed by atoms with van der Waals surface area (Å²) in [6.07, 6.45) is 3.86. The molecule has 7 heteroatoms. The number of nitrogens with one attached hydrogen (secondary N) is 1. The third-order valence-corrected chi connectivity index (χ3v) is 7.74. The summed E-state index contributed by atoms with van der Waals surface area (Å²) >= 11 is 0. The molecular formula is C26H25N3O3S. The second kappa shape index (κ2) is 9.99. The van der Waals surface area contributed by atoms with Gasteiger partial charge in [-0.05, 0) is 54.8 Å². The zero-order chi connectivity index (χ0) is 23.3. The molecule has 0 aromatic heterocycles. The van der Waals surface area contributed by atoms with E-state index in [-0.39, 0.29) is 10.8 Å². The van der Waals surface area contributed by atoms with Crippen LogP contribution in [0.3, 0.4) is 0 Å². The number of carbonyl (C=O) groups excluding carboxylic acids is 1. The number of hydrogen-bond donors (Lipinski definition) is 1. The van der Waals surface area contributed by atoms with Crippen LogP contribution in [-0.4, -0.2) is 31.7 Å². The lowest BCUT2D eigenvalue weighted by molar-refractivity contribution is 0.102. The van der Waals surface area contributed by atoms with Gasteiger partial charge in [0, 0.05) is 29.9 Å². The lowest BCUT2D eigenvalue weighted by atomic mass is 9.95. The highest BCUT2D eigenvalue weighted by atomic mass is 32.2. The SMILES string of the molecule is N#Cc1ccccc1-c1ccccc1C(=O)Nc1ccc(S(=O)(=O)N2CCCCCC2)cc1. The van der Waals surface area contributed by atoms with Gasteiger partial charge < -0.3 is 5.32 Å². The van der Waals surface area contributed by atoms with E-state index in [1.165, 1.54) is 12.1 Å². The molecule has 3 aromatic carbocycles. The molecule has 0 aliphatic carbocycles. The van der Waals surface area contributed by atoms with Gasteiger partial charge in [0.15, 0.2) is 0 Å². The van der Waals surface area contributed by atoms with Crippen LogP contribution in [0.2, 0.25) is 0 Å². The molecule has 0 unspecified atom stereocenters. The number of carbonyl (C=O) groups is 1. The summed E-state index contributed by atoms with van der Waals surface area (Å²) in [5.41, 5.74) is 2.76. The maximum atomic E-state index is 13.1. The average molecular weight is 460 g/mol. The fourth-order valence-corrected chi connectivity index (χ4v) is 5.59. The Labute approximate surface area is 194 Å². The van der Waals surface area contributed by atoms with Gasteiger partial charge in [-0.15, -0.1) is 0 Å². The minimum absolute atomic E-state index is 0.228. The quantitative estimate of drug-likeness (QED) is 0.579. The maximum Gasteiger partial charge on any atom is 0.256 e. The molecule has 0 saturated carbocycles. The van der Waals surface area contributed by atoms with E-state index in [1.807, 2.05) is 24.3 Å². The van der Waals surface area contributed by atoms with Crippen molar-refractivity contribution in [1.82, 2.24) is 4.31 Å². The summed E-state index contributed by atoms with van der Waals surface area (Å²) in [6, 6.07) is 22.7. The van der Waals surface area contributed by atoms with Crippen LogP contribution in [0, 0.1) is 11.3 Å². The molecule has 168 valence electrons. The second-order valence-corrected chi connectivity index (χ2v) is 9.94. The Morgan fingerprint density at radius 1 is 0.818 bits per heavy atom. The lowest BCUT2D eigenvalue weighted by Gasteiger charge is -2.20. The third kappa shape index (κ3) is 4.98. The first kappa shape index (κ1) is 22.7. The van der Waals surface area contributed by atoms with Gasteiger partial charge in [0.25, 0.3) is 5.91 Å². The molecule has 33 heavy (non-hydrogen) atoms. The van der Waals surface area contributed by atoms with Crippen molar-refractivity contribution in [3.63, 3.8) is 0 Å². The first-order valence-corrected chi connectivity index (χ1v) is 12.4. The molecule has 1 aliphatic rings. The third-order valence-electron chi connectivity index (χ3n) is 5.82. The summed E-state index contributed by atoms with van der Waals surface area (Å²) in [4.78, 5) is 13.3. The van der Waals surface area contributed by atoms with Crippen molar-refractivity contribution in [3.8, 4) is 17.2 Å². The van der Waals surface area contributed by atoms with Crippen LogP contribution in [0.5, 0.6) is 0 Å². The molecule has 3 aromatic rings. The summed E-state index contributed by atoms with van der Waals surface area (Å²) in [5, 5.41) is 12.3. The number of anilines is 1. The summed E-state index contributed by atoms with van der Waals surface area (Å²) in [6.45, 7) is 1.09. The van der Waals surface area contributed by atoms with Crippen LogP contribution in [0.4, 0.5) is 5.69 Å². The van der Waals surface area contributed by atoms with Gasteiger partial charge >= 0.3 is 0 Å². The van der Waals surface area contributed by atoms with Crippen LogP contribution in [0.15, 0.2) is 77.7 Å². The number of rotatable bonds is 5. The predicted octanol–water partition coefficient (Wildman–Crippen LogP) is 5.04. The van der Waals surface area contributed by atoms with E-state index in [4.69, 9.17) is 0 Å². The first-order valence-electron chi connectivity index (χ1n) is 11.0. The van der Waals surface area contributed by atoms with Gasteiger partial charge in [0.1, 0.15) is 0 Å². The molecule has 0 atom stereocenters. The monoisotopic (exact) mass is 459 g/mol. The molecule has 4 rings (SSSR count). The van der Waals surface area contributed by atoms with Gasteiger partial charge in [-0.2, -0.15) is 9.57 Å².